The fourth-order valence-electron chi connectivity index (χ4n) is 2.17. The molecule has 0 unspecified atom stereocenters. The SMILES string of the molecule is Nc1cccnc1N(CCCNCC(Cl)Cl)c1ccccc1. The van der Waals surface area contributed by atoms with Crippen LogP contribution in [-0.4, -0.2) is 29.5 Å². The molecule has 1 heterocycles. The van der Waals surface area contributed by atoms with Crippen molar-refractivity contribution in [2.45, 2.75) is 11.3 Å². The van der Waals surface area contributed by atoms with Crippen LogP contribution in [0.5, 0.6) is 0 Å². The molecular formula is C16H20Cl2N4. The van der Waals surface area contributed by atoms with E-state index in [1.54, 1.807) is 6.20 Å². The molecule has 0 bridgehead atoms. The highest BCUT2D eigenvalue weighted by Gasteiger charge is 2.12. The normalized spacial score (nSPS) is 10.9. The smallest absolute Gasteiger partial charge is 0.156 e. The van der Waals surface area contributed by atoms with Crippen molar-refractivity contribution in [1.29, 1.82) is 0 Å². The number of halogens is 2. The Balaban J connectivity index is 2.05. The van der Waals surface area contributed by atoms with Gasteiger partial charge in [-0.1, -0.05) is 18.2 Å². The van der Waals surface area contributed by atoms with Gasteiger partial charge in [-0.2, -0.15) is 0 Å². The Kier molecular flexibility index (Phi) is 6.77. The van der Waals surface area contributed by atoms with Crippen molar-refractivity contribution in [1.82, 2.24) is 10.3 Å². The first-order valence-electron chi connectivity index (χ1n) is 7.20. The molecule has 0 aliphatic carbocycles. The maximum absolute atomic E-state index is 6.07. The number of benzene rings is 1. The number of pyridine rings is 1. The van der Waals surface area contributed by atoms with Crippen molar-refractivity contribution >= 4 is 40.4 Å². The predicted octanol–water partition coefficient (Wildman–Crippen LogP) is 3.59. The van der Waals surface area contributed by atoms with Gasteiger partial charge in [0.1, 0.15) is 4.84 Å². The van der Waals surface area contributed by atoms with Gasteiger partial charge >= 0.3 is 0 Å². The first-order chi connectivity index (χ1) is 10.7. The lowest BCUT2D eigenvalue weighted by atomic mass is 10.2. The highest BCUT2D eigenvalue weighted by atomic mass is 35.5. The predicted molar refractivity (Wildman–Crippen MR) is 95.1 cm³/mol. The Hall–Kier alpha value is -1.49. The van der Waals surface area contributed by atoms with Crippen LogP contribution in [-0.2, 0) is 0 Å². The summed E-state index contributed by atoms with van der Waals surface area (Å²) in [7, 11) is 0. The summed E-state index contributed by atoms with van der Waals surface area (Å²) >= 11 is 11.4. The maximum Gasteiger partial charge on any atom is 0.156 e. The summed E-state index contributed by atoms with van der Waals surface area (Å²) in [5, 5.41) is 3.22. The van der Waals surface area contributed by atoms with E-state index in [-0.39, 0.29) is 4.84 Å². The fraction of sp³-hybridized carbons (Fsp3) is 0.312. The van der Waals surface area contributed by atoms with E-state index in [9.17, 15) is 0 Å². The number of nitrogens with one attached hydrogen (secondary N) is 1. The summed E-state index contributed by atoms with van der Waals surface area (Å²) in [4.78, 5) is 6.16. The lowest BCUT2D eigenvalue weighted by Gasteiger charge is -2.25. The van der Waals surface area contributed by atoms with E-state index in [1.807, 2.05) is 30.3 Å². The molecule has 0 spiro atoms. The number of aromatic nitrogens is 1. The van der Waals surface area contributed by atoms with Crippen LogP contribution in [0, 0.1) is 0 Å². The van der Waals surface area contributed by atoms with E-state index >= 15 is 0 Å². The van der Waals surface area contributed by atoms with Gasteiger partial charge in [-0.15, -0.1) is 23.2 Å². The average molecular weight is 339 g/mol. The van der Waals surface area contributed by atoms with Crippen LogP contribution < -0.4 is 16.0 Å². The van der Waals surface area contributed by atoms with Crippen LogP contribution in [0.2, 0.25) is 0 Å². The number of nitrogens with two attached hydrogens (primary N) is 1. The Morgan fingerprint density at radius 1 is 1.14 bits per heavy atom. The van der Waals surface area contributed by atoms with E-state index < -0.39 is 0 Å². The van der Waals surface area contributed by atoms with Crippen LogP contribution in [0.15, 0.2) is 48.7 Å². The van der Waals surface area contributed by atoms with Crippen molar-refractivity contribution in [3.05, 3.63) is 48.7 Å². The molecule has 0 saturated heterocycles. The van der Waals surface area contributed by atoms with Crippen LogP contribution in [0.25, 0.3) is 0 Å². The lowest BCUT2D eigenvalue weighted by Crippen LogP contribution is -2.27. The Morgan fingerprint density at radius 2 is 1.91 bits per heavy atom. The van der Waals surface area contributed by atoms with Crippen molar-refractivity contribution < 1.29 is 0 Å². The molecular weight excluding hydrogens is 319 g/mol. The second-order valence-electron chi connectivity index (χ2n) is 4.85. The number of hydrogen-bond donors (Lipinski definition) is 2. The van der Waals surface area contributed by atoms with Gasteiger partial charge in [0.15, 0.2) is 5.82 Å². The van der Waals surface area contributed by atoms with Gasteiger partial charge in [0.25, 0.3) is 0 Å². The second kappa shape index (κ2) is 8.83. The molecule has 0 atom stereocenters. The van der Waals surface area contributed by atoms with Crippen LogP contribution >= 0.6 is 23.2 Å². The molecule has 2 aromatic rings. The Morgan fingerprint density at radius 3 is 2.59 bits per heavy atom. The maximum atomic E-state index is 6.07. The van der Waals surface area contributed by atoms with Crippen molar-refractivity contribution in [2.24, 2.45) is 0 Å². The van der Waals surface area contributed by atoms with Crippen molar-refractivity contribution in [3.63, 3.8) is 0 Å². The Bertz CT molecular complexity index is 563. The third-order valence-electron chi connectivity index (χ3n) is 3.17. The number of rotatable bonds is 8. The molecule has 1 aromatic carbocycles. The molecule has 0 aliphatic rings. The monoisotopic (exact) mass is 338 g/mol. The molecule has 0 fully saturated rings. The second-order valence-corrected chi connectivity index (χ2v) is 6.13. The molecule has 6 heteroatoms. The zero-order chi connectivity index (χ0) is 15.8. The number of para-hydroxylation sites is 1. The van der Waals surface area contributed by atoms with E-state index in [0.29, 0.717) is 12.2 Å². The highest BCUT2D eigenvalue weighted by molar-refractivity contribution is 6.44. The minimum Gasteiger partial charge on any atom is -0.396 e. The fourth-order valence-corrected chi connectivity index (χ4v) is 2.39. The van der Waals surface area contributed by atoms with E-state index in [2.05, 4.69) is 27.3 Å². The third-order valence-corrected chi connectivity index (χ3v) is 3.48. The molecule has 0 amide bonds. The minimum absolute atomic E-state index is 0.378. The first-order valence-corrected chi connectivity index (χ1v) is 8.07. The number of hydrogen-bond acceptors (Lipinski definition) is 4. The van der Waals surface area contributed by atoms with E-state index in [0.717, 1.165) is 31.0 Å². The van der Waals surface area contributed by atoms with Crippen molar-refractivity contribution in [3.8, 4) is 0 Å². The minimum atomic E-state index is -0.378. The average Bonchev–Trinajstić information content (AvgIpc) is 2.52. The van der Waals surface area contributed by atoms with Gasteiger partial charge < -0.3 is 16.0 Å². The van der Waals surface area contributed by atoms with E-state index in [4.69, 9.17) is 28.9 Å². The number of alkyl halides is 2. The largest absolute Gasteiger partial charge is 0.396 e. The summed E-state index contributed by atoms with van der Waals surface area (Å²) in [6.07, 6.45) is 2.68. The molecule has 22 heavy (non-hydrogen) atoms. The van der Waals surface area contributed by atoms with Crippen molar-refractivity contribution in [2.75, 3.05) is 30.3 Å². The van der Waals surface area contributed by atoms with Crippen LogP contribution in [0.1, 0.15) is 6.42 Å². The Labute approximate surface area is 141 Å². The number of nitrogen functional groups attached to an aromatic ring is 1. The van der Waals surface area contributed by atoms with Gasteiger partial charge in [-0.3, -0.25) is 0 Å². The standard InChI is InChI=1S/C16H20Cl2N4/c17-15(18)12-20-9-5-11-22(13-6-2-1-3-7-13)16-14(19)8-4-10-21-16/h1-4,6-8,10,15,20H,5,9,11-12,19H2. The summed E-state index contributed by atoms with van der Waals surface area (Å²) in [6.45, 7) is 2.21. The van der Waals surface area contributed by atoms with E-state index in [1.165, 1.54) is 0 Å². The lowest BCUT2D eigenvalue weighted by molar-refractivity contribution is 0.666. The third kappa shape index (κ3) is 5.05. The molecule has 0 saturated carbocycles. The number of nitrogens with zero attached hydrogens (tertiary/aromatic N) is 2. The zero-order valence-electron chi connectivity index (χ0n) is 12.3. The molecule has 4 nitrogen and oxygen atoms in total. The van der Waals surface area contributed by atoms with Crippen LogP contribution in [0.3, 0.4) is 0 Å². The first kappa shape index (κ1) is 16.9. The van der Waals surface area contributed by atoms with Gasteiger partial charge in [0.05, 0.1) is 5.69 Å². The summed E-state index contributed by atoms with van der Waals surface area (Å²) in [5.74, 6) is 0.779. The zero-order valence-corrected chi connectivity index (χ0v) is 13.8. The molecule has 1 aromatic heterocycles. The molecule has 0 radical (unpaired) electrons. The highest BCUT2D eigenvalue weighted by Crippen LogP contribution is 2.27. The number of anilines is 3. The quantitative estimate of drug-likeness (QED) is 0.570. The summed E-state index contributed by atoms with van der Waals surface area (Å²) < 4.78 is 0. The van der Waals surface area contributed by atoms with Gasteiger partial charge in [-0.05, 0) is 37.2 Å². The molecule has 0 aliphatic heterocycles. The molecule has 118 valence electrons. The van der Waals surface area contributed by atoms with Crippen LogP contribution in [0.4, 0.5) is 17.2 Å². The van der Waals surface area contributed by atoms with Gasteiger partial charge in [-0.25, -0.2) is 4.98 Å². The van der Waals surface area contributed by atoms with Gasteiger partial charge in [0, 0.05) is 25.0 Å². The summed E-state index contributed by atoms with van der Waals surface area (Å²) in [6, 6.07) is 13.8. The van der Waals surface area contributed by atoms with Gasteiger partial charge in [0.2, 0.25) is 0 Å². The molecule has 2 rings (SSSR count). The molecule has 3 N–H and O–H groups in total. The summed E-state index contributed by atoms with van der Waals surface area (Å²) in [5.41, 5.74) is 7.81. The topological polar surface area (TPSA) is 54.2 Å².